The van der Waals surface area contributed by atoms with Crippen molar-refractivity contribution in [2.45, 2.75) is 63.9 Å². The number of ether oxygens (including phenoxy) is 1. The van der Waals surface area contributed by atoms with Crippen LogP contribution in [0, 0.1) is 0 Å². The molecule has 2 aromatic rings. The van der Waals surface area contributed by atoms with Gasteiger partial charge in [0.2, 0.25) is 0 Å². The van der Waals surface area contributed by atoms with Gasteiger partial charge in [-0.1, -0.05) is 6.42 Å². The summed E-state index contributed by atoms with van der Waals surface area (Å²) in [4.78, 5) is 16.5. The number of carbonyl (C=O) groups excluding carboxylic acids is 1. The lowest BCUT2D eigenvalue weighted by atomic mass is 9.82. The third-order valence-corrected chi connectivity index (χ3v) is 5.30. The summed E-state index contributed by atoms with van der Waals surface area (Å²) in [6.45, 7) is 7.24. The Balaban J connectivity index is 2.27. The lowest BCUT2D eigenvalue weighted by Crippen LogP contribution is -2.24. The van der Waals surface area contributed by atoms with E-state index in [9.17, 15) is 22.2 Å². The van der Waals surface area contributed by atoms with E-state index in [2.05, 4.69) is 10.1 Å². The normalized spacial score (nSPS) is 16.5. The highest BCUT2D eigenvalue weighted by atomic mass is 32.2. The van der Waals surface area contributed by atoms with Crippen LogP contribution >= 0.6 is 0 Å². The average molecular weight is 433 g/mol. The largest absolute Gasteiger partial charge is 0.508 e. The van der Waals surface area contributed by atoms with Crippen LogP contribution in [0.15, 0.2) is 6.07 Å². The summed E-state index contributed by atoms with van der Waals surface area (Å²) in [5.74, 6) is -1.12. The zero-order valence-corrected chi connectivity index (χ0v) is 17.3. The molecule has 0 aromatic carbocycles. The molecule has 1 unspecified atom stereocenters. The summed E-state index contributed by atoms with van der Waals surface area (Å²) in [6, 6.07) is 1.04. The van der Waals surface area contributed by atoms with Crippen LogP contribution < -0.4 is 4.18 Å². The van der Waals surface area contributed by atoms with Crippen LogP contribution in [0.3, 0.4) is 0 Å². The minimum Gasteiger partial charge on any atom is -0.461 e. The fraction of sp³-hybridized carbons (Fsp3) is 0.611. The Hall–Kier alpha value is -2.17. The first-order chi connectivity index (χ1) is 13.4. The molecule has 3 rings (SSSR count). The Bertz CT molecular complexity index is 962. The molecule has 1 aliphatic carbocycles. The van der Waals surface area contributed by atoms with Crippen LogP contribution in [0.1, 0.15) is 69.1 Å². The van der Waals surface area contributed by atoms with E-state index >= 15 is 0 Å². The molecule has 0 aliphatic heterocycles. The molecule has 1 saturated carbocycles. The molecule has 29 heavy (non-hydrogen) atoms. The van der Waals surface area contributed by atoms with Crippen LogP contribution in [0.5, 0.6) is 5.75 Å². The molecule has 0 N–H and O–H groups in total. The van der Waals surface area contributed by atoms with E-state index in [1.54, 1.807) is 11.6 Å². The average Bonchev–Trinajstić information content (AvgIpc) is 2.92. The molecule has 0 radical (unpaired) electrons. The first-order valence-electron chi connectivity index (χ1n) is 9.21. The van der Waals surface area contributed by atoms with Crippen molar-refractivity contribution in [1.82, 2.24) is 14.8 Å². The van der Waals surface area contributed by atoms with Crippen LogP contribution in [0.2, 0.25) is 0 Å². The maximum Gasteiger partial charge on any atom is 0.508 e. The fourth-order valence-corrected chi connectivity index (χ4v) is 3.44. The highest BCUT2D eigenvalue weighted by Crippen LogP contribution is 2.43. The van der Waals surface area contributed by atoms with Crippen molar-refractivity contribution in [2.24, 2.45) is 0 Å². The molecule has 0 amide bonds. The molecule has 0 bridgehead atoms. The van der Waals surface area contributed by atoms with Gasteiger partial charge in [-0.15, -0.1) is 0 Å². The number of fused-ring (bicyclic) bond motifs is 1. The molecule has 2 aromatic heterocycles. The Morgan fingerprint density at radius 3 is 2.45 bits per heavy atom. The van der Waals surface area contributed by atoms with Gasteiger partial charge in [-0.2, -0.15) is 18.3 Å². The Morgan fingerprint density at radius 2 is 1.97 bits per heavy atom. The van der Waals surface area contributed by atoms with Gasteiger partial charge in [-0.25, -0.2) is 18.7 Å². The fourth-order valence-electron chi connectivity index (χ4n) is 3.05. The van der Waals surface area contributed by atoms with E-state index in [0.717, 1.165) is 25.3 Å². The lowest BCUT2D eigenvalue weighted by Gasteiger charge is -2.24. The van der Waals surface area contributed by atoms with Crippen molar-refractivity contribution in [3.63, 3.8) is 0 Å². The molecule has 160 valence electrons. The third-order valence-electron chi connectivity index (χ3n) is 4.59. The molecule has 1 aliphatic rings. The highest BCUT2D eigenvalue weighted by molar-refractivity contribution is 7.81. The molecule has 1 fully saturated rings. The second-order valence-electron chi connectivity index (χ2n) is 7.78. The Kier molecular flexibility index (Phi) is 5.63. The number of hydrogen-bond acceptors (Lipinski definition) is 6. The number of aromatic nitrogens is 3. The molecule has 7 nitrogen and oxygen atoms in total. The molecule has 0 saturated heterocycles. The Labute approximate surface area is 168 Å². The van der Waals surface area contributed by atoms with Crippen LogP contribution in [-0.4, -0.2) is 37.1 Å². The van der Waals surface area contributed by atoms with Gasteiger partial charge in [-0.3, -0.25) is 0 Å². The van der Waals surface area contributed by atoms with Gasteiger partial charge in [0, 0.05) is 12.0 Å². The lowest BCUT2D eigenvalue weighted by molar-refractivity contribution is -0.0437. The van der Waals surface area contributed by atoms with Gasteiger partial charge >= 0.3 is 22.6 Å². The number of alkyl halides is 3. The smallest absolute Gasteiger partial charge is 0.461 e. The predicted octanol–water partition coefficient (Wildman–Crippen LogP) is 4.19. The maximum absolute atomic E-state index is 12.9. The van der Waals surface area contributed by atoms with Gasteiger partial charge < -0.3 is 8.92 Å². The second-order valence-corrected chi connectivity index (χ2v) is 8.88. The van der Waals surface area contributed by atoms with Gasteiger partial charge in [0.25, 0.3) is 0 Å². The van der Waals surface area contributed by atoms with Crippen molar-refractivity contribution in [3.8, 4) is 5.75 Å². The molecular weight excluding hydrogens is 411 g/mol. The van der Waals surface area contributed by atoms with Crippen LogP contribution in [0.4, 0.5) is 13.2 Å². The Morgan fingerprint density at radius 1 is 1.31 bits per heavy atom. The predicted molar refractivity (Wildman–Crippen MR) is 99.9 cm³/mol. The van der Waals surface area contributed by atoms with Gasteiger partial charge in [0.05, 0.1) is 23.2 Å². The highest BCUT2D eigenvalue weighted by Gasteiger charge is 2.41. The maximum atomic E-state index is 12.9. The summed E-state index contributed by atoms with van der Waals surface area (Å²) in [7, 11) is 0. The molecule has 11 heteroatoms. The SMILES string of the molecule is CCOC(=O)c1cc(OS(=O)C(F)(F)F)c2c(C3CCC3)nn(C(C)(C)C)c2n1. The van der Waals surface area contributed by atoms with E-state index < -0.39 is 28.1 Å². The summed E-state index contributed by atoms with van der Waals surface area (Å²) in [6.07, 6.45) is 2.64. The first kappa shape index (κ1) is 21.5. The number of carbonyl (C=O) groups is 1. The van der Waals surface area contributed by atoms with Gasteiger partial charge in [0.1, 0.15) is 0 Å². The quantitative estimate of drug-likeness (QED) is 0.658. The van der Waals surface area contributed by atoms with Gasteiger partial charge in [-0.05, 0) is 40.5 Å². The second kappa shape index (κ2) is 7.58. The number of pyridine rings is 1. The number of hydrogen-bond donors (Lipinski definition) is 0. The van der Waals surface area contributed by atoms with Gasteiger partial charge in [0.15, 0.2) is 17.1 Å². The van der Waals surface area contributed by atoms with E-state index in [1.807, 2.05) is 20.8 Å². The molecule has 1 atom stereocenters. The number of halogens is 3. The summed E-state index contributed by atoms with van der Waals surface area (Å²) in [5, 5.41) is 4.85. The van der Waals surface area contributed by atoms with E-state index in [0.29, 0.717) is 5.69 Å². The zero-order chi connectivity index (χ0) is 21.6. The van der Waals surface area contributed by atoms with Crippen LogP contribution in [0.25, 0.3) is 11.0 Å². The molecular formula is C18H22F3N3O4S. The minimum atomic E-state index is -5.07. The van der Waals surface area contributed by atoms with Crippen molar-refractivity contribution < 1.29 is 31.1 Å². The molecule has 2 heterocycles. The van der Waals surface area contributed by atoms with Crippen molar-refractivity contribution in [1.29, 1.82) is 0 Å². The van der Waals surface area contributed by atoms with E-state index in [1.165, 1.54) is 0 Å². The number of esters is 1. The minimum absolute atomic E-state index is 0.0398. The topological polar surface area (TPSA) is 83.3 Å². The van der Waals surface area contributed by atoms with Crippen molar-refractivity contribution >= 4 is 28.1 Å². The summed E-state index contributed by atoms with van der Waals surface area (Å²) >= 11 is -3.60. The van der Waals surface area contributed by atoms with Crippen molar-refractivity contribution in [3.05, 3.63) is 17.5 Å². The van der Waals surface area contributed by atoms with Crippen LogP contribution in [-0.2, 0) is 21.4 Å². The number of rotatable bonds is 5. The summed E-state index contributed by atoms with van der Waals surface area (Å²) < 4.78 is 61.6. The van der Waals surface area contributed by atoms with Crippen molar-refractivity contribution in [2.75, 3.05) is 6.61 Å². The molecule has 0 spiro atoms. The standard InChI is InChI=1S/C18H22F3N3O4S/c1-5-27-16(25)11-9-12(28-29(26)18(19,20)21)13-14(10-7-6-8-10)23-24(15(13)22-11)17(2,3)4/h9-10H,5-8H2,1-4H3. The zero-order valence-electron chi connectivity index (χ0n) is 16.5. The first-order valence-corrected chi connectivity index (χ1v) is 10.3. The third kappa shape index (κ3) is 4.24. The monoisotopic (exact) mass is 433 g/mol. The number of nitrogens with zero attached hydrogens (tertiary/aromatic N) is 3. The summed E-state index contributed by atoms with van der Waals surface area (Å²) in [5.41, 5.74) is -5.14. The van der Waals surface area contributed by atoms with E-state index in [-0.39, 0.29) is 35.0 Å². The van der Waals surface area contributed by atoms with E-state index in [4.69, 9.17) is 8.92 Å².